The van der Waals surface area contributed by atoms with Crippen LogP contribution in [0.15, 0.2) is 5.38 Å². The molecule has 1 aliphatic carbocycles. The smallest absolute Gasteiger partial charge is 0.220 e. The summed E-state index contributed by atoms with van der Waals surface area (Å²) >= 11 is 1.84. The van der Waals surface area contributed by atoms with Crippen molar-refractivity contribution in [2.24, 2.45) is 11.7 Å². The Hall–Kier alpha value is -0.940. The van der Waals surface area contributed by atoms with Crippen LogP contribution in [0.3, 0.4) is 0 Å². The fraction of sp³-hybridized carbons (Fsp3) is 0.750. The molecule has 3 rings (SSSR count). The Morgan fingerprint density at radius 3 is 2.62 bits per heavy atom. The average Bonchev–Trinajstić information content (AvgIpc) is 2.97. The van der Waals surface area contributed by atoms with E-state index in [4.69, 9.17) is 10.7 Å². The topological polar surface area (TPSA) is 59.2 Å². The van der Waals surface area contributed by atoms with Crippen LogP contribution in [0.5, 0.6) is 0 Å². The number of carbonyl (C=O) groups excluding carboxylic acids is 1. The van der Waals surface area contributed by atoms with Gasteiger partial charge in [-0.05, 0) is 38.8 Å². The van der Waals surface area contributed by atoms with Gasteiger partial charge in [-0.1, -0.05) is 19.3 Å². The summed E-state index contributed by atoms with van der Waals surface area (Å²) in [6.07, 6.45) is 8.54. The largest absolute Gasteiger partial charge is 0.369 e. The van der Waals surface area contributed by atoms with E-state index in [1.807, 2.05) is 11.3 Å². The second-order valence-corrected chi connectivity index (χ2v) is 7.35. The maximum atomic E-state index is 11.2. The maximum absolute atomic E-state index is 11.2. The lowest BCUT2D eigenvalue weighted by molar-refractivity contribution is -0.123. The molecule has 0 atom stereocenters. The molecule has 2 aliphatic rings. The van der Waals surface area contributed by atoms with Gasteiger partial charge in [-0.2, -0.15) is 0 Å². The molecule has 2 heterocycles. The maximum Gasteiger partial charge on any atom is 0.220 e. The summed E-state index contributed by atoms with van der Waals surface area (Å²) < 4.78 is 0. The molecule has 116 valence electrons. The van der Waals surface area contributed by atoms with Crippen molar-refractivity contribution in [3.05, 3.63) is 16.1 Å². The number of aromatic nitrogens is 1. The third-order valence-electron chi connectivity index (χ3n) is 4.90. The number of thiazole rings is 1. The van der Waals surface area contributed by atoms with Crippen molar-refractivity contribution in [1.29, 1.82) is 0 Å². The molecule has 0 spiro atoms. The zero-order valence-electron chi connectivity index (χ0n) is 12.6. The van der Waals surface area contributed by atoms with Crippen LogP contribution in [0.1, 0.15) is 61.6 Å². The minimum Gasteiger partial charge on any atom is -0.369 e. The molecule has 1 saturated carbocycles. The molecule has 0 aromatic carbocycles. The quantitative estimate of drug-likeness (QED) is 0.930. The standard InChI is InChI=1S/C16H25N3OS/c17-15(20)12-6-8-19(9-7-12)10-14-11-21-16(18-14)13-4-2-1-3-5-13/h11-13H,1-10H2,(H2,17,20). The molecule has 4 nitrogen and oxygen atoms in total. The molecule has 2 N–H and O–H groups in total. The number of primary amides is 1. The van der Waals surface area contributed by atoms with Crippen LogP contribution in [0, 0.1) is 5.92 Å². The van der Waals surface area contributed by atoms with Gasteiger partial charge in [0.2, 0.25) is 5.91 Å². The summed E-state index contributed by atoms with van der Waals surface area (Å²) in [5.41, 5.74) is 6.59. The van der Waals surface area contributed by atoms with Gasteiger partial charge in [0, 0.05) is 23.8 Å². The lowest BCUT2D eigenvalue weighted by Crippen LogP contribution is -2.38. The predicted octanol–water partition coefficient (Wildman–Crippen LogP) is 2.89. The summed E-state index contributed by atoms with van der Waals surface area (Å²) in [5, 5.41) is 3.57. The van der Waals surface area contributed by atoms with Crippen LogP contribution in [0.2, 0.25) is 0 Å². The van der Waals surface area contributed by atoms with E-state index in [2.05, 4.69) is 10.3 Å². The molecule has 2 fully saturated rings. The highest BCUT2D eigenvalue weighted by Crippen LogP contribution is 2.34. The molecule has 1 aromatic heterocycles. The van der Waals surface area contributed by atoms with E-state index >= 15 is 0 Å². The lowest BCUT2D eigenvalue weighted by atomic mass is 9.90. The highest BCUT2D eigenvalue weighted by atomic mass is 32.1. The Bertz CT molecular complexity index is 474. The molecule has 0 unspecified atom stereocenters. The van der Waals surface area contributed by atoms with Gasteiger partial charge in [-0.25, -0.2) is 4.98 Å². The van der Waals surface area contributed by atoms with Crippen molar-refractivity contribution < 1.29 is 4.79 Å². The first-order chi connectivity index (χ1) is 10.2. The van der Waals surface area contributed by atoms with Crippen LogP contribution >= 0.6 is 11.3 Å². The van der Waals surface area contributed by atoms with Crippen molar-refractivity contribution in [3.63, 3.8) is 0 Å². The highest BCUT2D eigenvalue weighted by molar-refractivity contribution is 7.09. The van der Waals surface area contributed by atoms with Crippen molar-refractivity contribution >= 4 is 17.2 Å². The van der Waals surface area contributed by atoms with Crippen LogP contribution in [-0.2, 0) is 11.3 Å². The molecular formula is C16H25N3OS. The van der Waals surface area contributed by atoms with Gasteiger partial charge < -0.3 is 5.73 Å². The number of amides is 1. The molecule has 5 heteroatoms. The van der Waals surface area contributed by atoms with E-state index in [0.717, 1.165) is 32.5 Å². The molecular weight excluding hydrogens is 282 g/mol. The monoisotopic (exact) mass is 307 g/mol. The summed E-state index contributed by atoms with van der Waals surface area (Å²) in [4.78, 5) is 18.5. The zero-order valence-corrected chi connectivity index (χ0v) is 13.4. The van der Waals surface area contributed by atoms with Gasteiger partial charge in [-0.3, -0.25) is 9.69 Å². The molecule has 1 aliphatic heterocycles. The molecule has 1 aromatic rings. The van der Waals surface area contributed by atoms with Gasteiger partial charge in [0.15, 0.2) is 0 Å². The SMILES string of the molecule is NC(=O)C1CCN(Cc2csc(C3CCCCC3)n2)CC1. The number of piperidine rings is 1. The second-order valence-electron chi connectivity index (χ2n) is 6.46. The number of hydrogen-bond donors (Lipinski definition) is 1. The highest BCUT2D eigenvalue weighted by Gasteiger charge is 2.24. The third-order valence-corrected chi connectivity index (χ3v) is 5.96. The van der Waals surface area contributed by atoms with Gasteiger partial charge in [-0.15, -0.1) is 11.3 Å². The van der Waals surface area contributed by atoms with E-state index in [1.165, 1.54) is 42.8 Å². The molecule has 21 heavy (non-hydrogen) atoms. The first-order valence-electron chi connectivity index (χ1n) is 8.18. The first-order valence-corrected chi connectivity index (χ1v) is 9.06. The molecule has 1 saturated heterocycles. The van der Waals surface area contributed by atoms with Crippen LogP contribution in [0.4, 0.5) is 0 Å². The number of carbonyl (C=O) groups is 1. The second kappa shape index (κ2) is 6.88. The van der Waals surface area contributed by atoms with Gasteiger partial charge >= 0.3 is 0 Å². The zero-order chi connectivity index (χ0) is 14.7. The number of rotatable bonds is 4. The number of nitrogens with zero attached hydrogens (tertiary/aromatic N) is 2. The summed E-state index contributed by atoms with van der Waals surface area (Å²) in [6.45, 7) is 2.85. The van der Waals surface area contributed by atoms with E-state index < -0.39 is 0 Å². The van der Waals surface area contributed by atoms with Crippen molar-refractivity contribution in [3.8, 4) is 0 Å². The van der Waals surface area contributed by atoms with Gasteiger partial charge in [0.1, 0.15) is 0 Å². The van der Waals surface area contributed by atoms with Crippen molar-refractivity contribution in [1.82, 2.24) is 9.88 Å². The van der Waals surface area contributed by atoms with E-state index in [-0.39, 0.29) is 11.8 Å². The number of likely N-dealkylation sites (tertiary alicyclic amines) is 1. The number of hydrogen-bond acceptors (Lipinski definition) is 4. The Morgan fingerprint density at radius 1 is 1.24 bits per heavy atom. The minimum absolute atomic E-state index is 0.0782. The minimum atomic E-state index is -0.136. The fourth-order valence-electron chi connectivity index (χ4n) is 3.54. The summed E-state index contributed by atoms with van der Waals surface area (Å²) in [5.74, 6) is 0.649. The Labute approximate surface area is 130 Å². The molecule has 0 radical (unpaired) electrons. The average molecular weight is 307 g/mol. The van der Waals surface area contributed by atoms with E-state index in [9.17, 15) is 4.79 Å². The lowest BCUT2D eigenvalue weighted by Gasteiger charge is -2.29. The normalized spacial score (nSPS) is 22.5. The van der Waals surface area contributed by atoms with E-state index in [1.54, 1.807) is 0 Å². The summed E-state index contributed by atoms with van der Waals surface area (Å²) in [6, 6.07) is 0. The Morgan fingerprint density at radius 2 is 1.95 bits per heavy atom. The molecule has 0 bridgehead atoms. The van der Waals surface area contributed by atoms with E-state index in [0.29, 0.717) is 5.92 Å². The van der Waals surface area contributed by atoms with Crippen LogP contribution < -0.4 is 5.73 Å². The van der Waals surface area contributed by atoms with Crippen LogP contribution in [-0.4, -0.2) is 28.9 Å². The first kappa shape index (κ1) is 15.0. The number of nitrogens with two attached hydrogens (primary N) is 1. The van der Waals surface area contributed by atoms with Crippen molar-refractivity contribution in [2.45, 2.75) is 57.4 Å². The molecule has 1 amide bonds. The summed E-state index contributed by atoms with van der Waals surface area (Å²) in [7, 11) is 0. The van der Waals surface area contributed by atoms with Gasteiger partial charge in [0.25, 0.3) is 0 Å². The fourth-order valence-corrected chi connectivity index (χ4v) is 4.52. The predicted molar refractivity (Wildman–Crippen MR) is 85.1 cm³/mol. The Balaban J connectivity index is 1.52. The third kappa shape index (κ3) is 3.83. The Kier molecular flexibility index (Phi) is 4.91. The van der Waals surface area contributed by atoms with Gasteiger partial charge in [0.05, 0.1) is 10.7 Å². The van der Waals surface area contributed by atoms with Crippen LogP contribution in [0.25, 0.3) is 0 Å². The van der Waals surface area contributed by atoms with Crippen molar-refractivity contribution in [2.75, 3.05) is 13.1 Å².